The van der Waals surface area contributed by atoms with Gasteiger partial charge in [-0.15, -0.1) is 0 Å². The molecule has 7 nitrogen and oxygen atoms in total. The van der Waals surface area contributed by atoms with Gasteiger partial charge in [0.15, 0.2) is 0 Å². The lowest BCUT2D eigenvalue weighted by Gasteiger charge is -2.12. The number of thioether (sulfide) groups is 1. The van der Waals surface area contributed by atoms with Gasteiger partial charge in [0.2, 0.25) is 0 Å². The number of carbonyl (C=O) groups excluding carboxylic acids is 1. The van der Waals surface area contributed by atoms with Crippen LogP contribution in [-0.4, -0.2) is 51.3 Å². The van der Waals surface area contributed by atoms with Gasteiger partial charge in [-0.2, -0.15) is 0 Å². The molecule has 1 saturated heterocycles. The van der Waals surface area contributed by atoms with Gasteiger partial charge >= 0.3 is 0 Å². The lowest BCUT2D eigenvalue weighted by Crippen LogP contribution is -2.28. The number of hydrogen-bond acceptors (Lipinski definition) is 7. The summed E-state index contributed by atoms with van der Waals surface area (Å²) in [6.45, 7) is 3.51. The summed E-state index contributed by atoms with van der Waals surface area (Å²) in [5.41, 5.74) is 0.603. The van der Waals surface area contributed by atoms with Crippen molar-refractivity contribution in [3.8, 4) is 0 Å². The van der Waals surface area contributed by atoms with Crippen LogP contribution in [0.1, 0.15) is 18.9 Å². The monoisotopic (exact) mass is 404 g/mol. The van der Waals surface area contributed by atoms with E-state index in [1.807, 2.05) is 13.0 Å². The summed E-state index contributed by atoms with van der Waals surface area (Å²) in [4.78, 5) is 32.2. The Hall–Kier alpha value is -2.23. The highest BCUT2D eigenvalue weighted by Crippen LogP contribution is 2.33. The van der Waals surface area contributed by atoms with Gasteiger partial charge < -0.3 is 10.1 Å². The molecule has 0 aromatic carbocycles. The molecule has 2 aromatic rings. The van der Waals surface area contributed by atoms with E-state index in [-0.39, 0.29) is 11.5 Å². The van der Waals surface area contributed by atoms with Crippen molar-refractivity contribution in [2.45, 2.75) is 13.3 Å². The van der Waals surface area contributed by atoms with Gasteiger partial charge in [-0.3, -0.25) is 18.9 Å². The molecule has 0 radical (unpaired) electrons. The third-order valence-electron chi connectivity index (χ3n) is 3.96. The van der Waals surface area contributed by atoms with Crippen molar-refractivity contribution >= 4 is 51.7 Å². The average Bonchev–Trinajstić information content (AvgIpc) is 2.93. The van der Waals surface area contributed by atoms with Crippen LogP contribution in [0.5, 0.6) is 0 Å². The van der Waals surface area contributed by atoms with E-state index >= 15 is 0 Å². The zero-order valence-electron chi connectivity index (χ0n) is 15.1. The van der Waals surface area contributed by atoms with Gasteiger partial charge in [0.1, 0.15) is 15.8 Å². The fourth-order valence-electron chi connectivity index (χ4n) is 2.69. The van der Waals surface area contributed by atoms with Crippen LogP contribution in [0.2, 0.25) is 0 Å². The summed E-state index contributed by atoms with van der Waals surface area (Å²) in [6, 6.07) is 5.34. The molecule has 2 aromatic heterocycles. The number of amides is 1. The average molecular weight is 405 g/mol. The molecule has 0 saturated carbocycles. The van der Waals surface area contributed by atoms with Crippen molar-refractivity contribution in [3.63, 3.8) is 0 Å². The van der Waals surface area contributed by atoms with Gasteiger partial charge in [0.25, 0.3) is 11.5 Å². The molecule has 0 bridgehead atoms. The van der Waals surface area contributed by atoms with Gasteiger partial charge in [-0.1, -0.05) is 37.0 Å². The molecule has 1 fully saturated rings. The van der Waals surface area contributed by atoms with Gasteiger partial charge in [-0.05, 0) is 24.6 Å². The summed E-state index contributed by atoms with van der Waals surface area (Å²) in [5, 5.41) is 3.12. The molecule has 1 N–H and O–H groups in total. The van der Waals surface area contributed by atoms with Crippen molar-refractivity contribution < 1.29 is 9.53 Å². The molecule has 3 heterocycles. The molecule has 0 atom stereocenters. The van der Waals surface area contributed by atoms with E-state index in [9.17, 15) is 9.59 Å². The maximum absolute atomic E-state index is 13.0. The molecule has 0 unspecified atom stereocenters. The molecule has 9 heteroatoms. The standard InChI is InChI=1S/C18H20N4O3S2/c1-3-8-22-17(24)13(27-18(22)26)11-12-15(19-7-10-25-2)20-14-6-4-5-9-21(14)16(12)23/h4-6,9,11,19H,3,7-8,10H2,1-2H3/b13-11+. The highest BCUT2D eigenvalue weighted by molar-refractivity contribution is 8.26. The maximum Gasteiger partial charge on any atom is 0.267 e. The number of nitrogens with zero attached hydrogens (tertiary/aromatic N) is 3. The number of hydrogen-bond donors (Lipinski definition) is 1. The van der Waals surface area contributed by atoms with Crippen molar-refractivity contribution in [2.24, 2.45) is 0 Å². The second-order valence-corrected chi connectivity index (χ2v) is 7.54. The minimum atomic E-state index is -0.249. The first-order valence-corrected chi connectivity index (χ1v) is 9.79. The first-order valence-electron chi connectivity index (χ1n) is 8.56. The number of methoxy groups -OCH3 is 1. The van der Waals surface area contributed by atoms with Gasteiger partial charge in [-0.25, -0.2) is 4.98 Å². The molecule has 142 valence electrons. The van der Waals surface area contributed by atoms with Crippen molar-refractivity contribution in [2.75, 3.05) is 32.1 Å². The third-order valence-corrected chi connectivity index (χ3v) is 5.34. The Kier molecular flexibility index (Phi) is 6.25. The second kappa shape index (κ2) is 8.64. The number of thiocarbonyl (C=S) groups is 1. The quantitative estimate of drug-likeness (QED) is 0.431. The molecule has 1 aliphatic heterocycles. The zero-order chi connectivity index (χ0) is 19.4. The summed E-state index contributed by atoms with van der Waals surface area (Å²) in [6.07, 6.45) is 4.05. The smallest absolute Gasteiger partial charge is 0.267 e. The number of anilines is 1. The van der Waals surface area contributed by atoms with E-state index in [0.717, 1.165) is 6.42 Å². The Balaban J connectivity index is 2.08. The van der Waals surface area contributed by atoms with E-state index in [1.54, 1.807) is 36.4 Å². The molecule has 0 spiro atoms. The molecular formula is C18H20N4O3S2. The van der Waals surface area contributed by atoms with Crippen LogP contribution in [0.15, 0.2) is 34.1 Å². The highest BCUT2D eigenvalue weighted by Gasteiger charge is 2.31. The fourth-order valence-corrected chi connectivity index (χ4v) is 3.98. The summed E-state index contributed by atoms with van der Waals surface area (Å²) in [5.74, 6) is 0.247. The zero-order valence-corrected chi connectivity index (χ0v) is 16.7. The van der Waals surface area contributed by atoms with Crippen LogP contribution in [0.4, 0.5) is 5.82 Å². The summed E-state index contributed by atoms with van der Waals surface area (Å²) < 4.78 is 7.02. The normalized spacial score (nSPS) is 15.9. The Bertz CT molecular complexity index is 971. The highest BCUT2D eigenvalue weighted by atomic mass is 32.2. The number of nitrogens with one attached hydrogen (secondary N) is 1. The summed E-state index contributed by atoms with van der Waals surface area (Å²) >= 11 is 6.51. The van der Waals surface area contributed by atoms with Crippen LogP contribution >= 0.6 is 24.0 Å². The predicted octanol–water partition coefficient (Wildman–Crippen LogP) is 2.36. The first-order chi connectivity index (χ1) is 13.1. The van der Waals surface area contributed by atoms with Crippen molar-refractivity contribution in [3.05, 3.63) is 45.2 Å². The van der Waals surface area contributed by atoms with Crippen LogP contribution < -0.4 is 10.9 Å². The number of aromatic nitrogens is 2. The van der Waals surface area contributed by atoms with Gasteiger partial charge in [0, 0.05) is 26.4 Å². The molecule has 0 aliphatic carbocycles. The Morgan fingerprint density at radius 1 is 1.37 bits per heavy atom. The Morgan fingerprint density at radius 3 is 2.93 bits per heavy atom. The van der Waals surface area contributed by atoms with Crippen LogP contribution in [0.3, 0.4) is 0 Å². The first kappa shape index (κ1) is 19.5. The number of fused-ring (bicyclic) bond motifs is 1. The van der Waals surface area contributed by atoms with Crippen molar-refractivity contribution in [1.82, 2.24) is 14.3 Å². The third kappa shape index (κ3) is 4.05. The SMILES string of the molecule is CCCN1C(=O)/C(=C\c2c(NCCOC)nc3ccccn3c2=O)SC1=S. The van der Waals surface area contributed by atoms with Crippen molar-refractivity contribution in [1.29, 1.82) is 0 Å². The molecule has 3 rings (SSSR count). The fraction of sp³-hybridized carbons (Fsp3) is 0.333. The van der Waals surface area contributed by atoms with E-state index in [4.69, 9.17) is 17.0 Å². The predicted molar refractivity (Wildman–Crippen MR) is 112 cm³/mol. The minimum absolute atomic E-state index is 0.174. The Morgan fingerprint density at radius 2 is 2.19 bits per heavy atom. The van der Waals surface area contributed by atoms with Crippen LogP contribution in [-0.2, 0) is 9.53 Å². The van der Waals surface area contributed by atoms with E-state index < -0.39 is 0 Å². The second-order valence-electron chi connectivity index (χ2n) is 5.86. The summed E-state index contributed by atoms with van der Waals surface area (Å²) in [7, 11) is 1.60. The molecule has 27 heavy (non-hydrogen) atoms. The lowest BCUT2D eigenvalue weighted by atomic mass is 10.2. The number of carbonyl (C=O) groups is 1. The topological polar surface area (TPSA) is 75.9 Å². The molecule has 1 amide bonds. The number of pyridine rings is 1. The molecular weight excluding hydrogens is 384 g/mol. The Labute approximate surface area is 166 Å². The largest absolute Gasteiger partial charge is 0.383 e. The lowest BCUT2D eigenvalue weighted by molar-refractivity contribution is -0.122. The van der Waals surface area contributed by atoms with E-state index in [2.05, 4.69) is 10.3 Å². The number of rotatable bonds is 7. The van der Waals surface area contributed by atoms with Gasteiger partial charge in [0.05, 0.1) is 17.1 Å². The maximum atomic E-state index is 13.0. The van der Waals surface area contributed by atoms with E-state index in [1.165, 1.54) is 16.2 Å². The van der Waals surface area contributed by atoms with Crippen LogP contribution in [0, 0.1) is 0 Å². The number of ether oxygens (including phenoxy) is 1. The molecule has 1 aliphatic rings. The minimum Gasteiger partial charge on any atom is -0.383 e. The van der Waals surface area contributed by atoms with E-state index in [0.29, 0.717) is 46.0 Å². The van der Waals surface area contributed by atoms with Crippen LogP contribution in [0.25, 0.3) is 11.7 Å².